The molecule has 2 aliphatic rings. The van der Waals surface area contributed by atoms with E-state index < -0.39 is 23.2 Å². The summed E-state index contributed by atoms with van der Waals surface area (Å²) >= 11 is 0. The number of aldehydes is 2. The number of benzene rings is 4. The highest BCUT2D eigenvalue weighted by molar-refractivity contribution is 5.97. The van der Waals surface area contributed by atoms with E-state index in [9.17, 15) is 19.2 Å². The van der Waals surface area contributed by atoms with Crippen LogP contribution >= 0.6 is 0 Å². The number of hydrogen-bond acceptors (Lipinski definition) is 7. The van der Waals surface area contributed by atoms with Gasteiger partial charge in [0.1, 0.15) is 11.5 Å². The highest BCUT2D eigenvalue weighted by Crippen LogP contribution is 2.45. The molecule has 51 heavy (non-hydrogen) atoms. The fraction of sp³-hybridized carbons (Fsp3) is 0.238. The van der Waals surface area contributed by atoms with Crippen molar-refractivity contribution in [1.29, 1.82) is 0 Å². The average Bonchev–Trinajstić information content (AvgIpc) is 4.04. The number of fused-ring (bicyclic) bond motifs is 4. The molecule has 5 aromatic heterocycles. The summed E-state index contributed by atoms with van der Waals surface area (Å²) in [6.07, 6.45) is 4.31. The van der Waals surface area contributed by atoms with Gasteiger partial charge in [0.05, 0.1) is 12.1 Å². The summed E-state index contributed by atoms with van der Waals surface area (Å²) in [5.41, 5.74) is 1.63. The predicted octanol–water partition coefficient (Wildman–Crippen LogP) is 6.56. The minimum absolute atomic E-state index is 0.0954. The van der Waals surface area contributed by atoms with Crippen LogP contribution in [0.2, 0.25) is 0 Å². The fourth-order valence-electron chi connectivity index (χ4n) is 8.92. The van der Waals surface area contributed by atoms with Gasteiger partial charge in [0.25, 0.3) is 0 Å². The molecule has 2 aromatic carbocycles. The predicted molar refractivity (Wildman–Crippen MR) is 192 cm³/mol. The van der Waals surface area contributed by atoms with Gasteiger partial charge in [-0.1, -0.05) is 60.7 Å². The van der Waals surface area contributed by atoms with Crippen molar-refractivity contribution in [3.05, 3.63) is 144 Å². The molecular formula is C42H36N4O5. The molecule has 0 saturated carbocycles. The molecule has 4 atom stereocenters. The van der Waals surface area contributed by atoms with Gasteiger partial charge in [-0.15, -0.1) is 0 Å². The standard InChI is InChI=1S/C42H36N4O5/c47-27-41(29-9-3-1-4-10-29,43-25-7-13-35(43)39(49)45-31-15-16-32(45)18-17-31)37-23-24-38(51-37)42(28-48,30-11-5-2-6-12-30)44-26-8-14-36(44)40(50)46-33-19-20-34(46)22-21-33/h1-6,9-12,15-24,27-28,35-36H,7-8,13-14,25-26H2/t35?,36?,41-,42-/m0/s1. The number of carbonyl (C=O) groups is 4. The van der Waals surface area contributed by atoms with E-state index in [4.69, 9.17) is 4.42 Å². The van der Waals surface area contributed by atoms with E-state index in [1.165, 1.54) is 0 Å². The Morgan fingerprint density at radius 3 is 1.22 bits per heavy atom. The van der Waals surface area contributed by atoms with E-state index >= 15 is 0 Å². The van der Waals surface area contributed by atoms with Crippen molar-refractivity contribution in [3.63, 3.8) is 0 Å². The van der Waals surface area contributed by atoms with E-state index in [0.29, 0.717) is 61.4 Å². The second kappa shape index (κ2) is 12.0. The van der Waals surface area contributed by atoms with Gasteiger partial charge >= 0.3 is 0 Å². The van der Waals surface area contributed by atoms with Gasteiger partial charge in [-0.2, -0.15) is 0 Å². The van der Waals surface area contributed by atoms with Crippen LogP contribution in [0.1, 0.15) is 57.9 Å². The third kappa shape index (κ3) is 4.48. The maximum atomic E-state index is 14.3. The van der Waals surface area contributed by atoms with Crippen LogP contribution in [-0.2, 0) is 20.7 Å². The molecule has 2 saturated heterocycles. The highest BCUT2D eigenvalue weighted by Gasteiger charge is 2.54. The lowest BCUT2D eigenvalue weighted by Crippen LogP contribution is -2.54. The number of hydrogen-bond donors (Lipinski definition) is 0. The lowest BCUT2D eigenvalue weighted by molar-refractivity contribution is -0.118. The minimum atomic E-state index is -1.48. The fourth-order valence-corrected chi connectivity index (χ4v) is 8.92. The molecular weight excluding hydrogens is 640 g/mol. The Labute approximate surface area is 294 Å². The Bertz CT molecular complexity index is 2100. The van der Waals surface area contributed by atoms with Crippen LogP contribution in [0.5, 0.6) is 0 Å². The normalized spacial score (nSPS) is 20.9. The Morgan fingerprint density at radius 2 is 0.882 bits per heavy atom. The third-order valence-electron chi connectivity index (χ3n) is 11.3. The molecule has 2 fully saturated rings. The molecule has 0 N–H and O–H groups in total. The molecule has 254 valence electrons. The maximum absolute atomic E-state index is 14.3. The van der Waals surface area contributed by atoms with Gasteiger partial charge in [0.15, 0.2) is 23.7 Å². The van der Waals surface area contributed by atoms with Gasteiger partial charge in [0.2, 0.25) is 11.8 Å². The number of carbonyl (C=O) groups excluding carboxylic acids is 4. The summed E-state index contributed by atoms with van der Waals surface area (Å²) < 4.78 is 10.3. The zero-order chi connectivity index (χ0) is 34.7. The SMILES string of the molecule is O=C[C@](c1ccccc1)(c1ccc([C@](C=O)(c2ccccc2)N2CCCC2C(=O)n2c3ccc2cc3)o1)N1CCCC1C(=O)n1c2ccc1cc2. The number of likely N-dealkylation sites (tertiary alicyclic amines) is 2. The zero-order valence-corrected chi connectivity index (χ0v) is 27.9. The van der Waals surface area contributed by atoms with E-state index in [-0.39, 0.29) is 11.8 Å². The van der Waals surface area contributed by atoms with Crippen molar-refractivity contribution in [2.24, 2.45) is 0 Å². The molecule has 7 aromatic rings. The van der Waals surface area contributed by atoms with Crippen LogP contribution in [0.25, 0.3) is 22.1 Å². The van der Waals surface area contributed by atoms with Gasteiger partial charge in [0, 0.05) is 35.2 Å². The molecule has 2 aliphatic heterocycles. The van der Waals surface area contributed by atoms with Crippen molar-refractivity contribution in [1.82, 2.24) is 18.9 Å². The van der Waals surface area contributed by atoms with E-state index in [2.05, 4.69) is 0 Å². The Kier molecular flexibility index (Phi) is 7.38. The number of nitrogens with zero attached hydrogens (tertiary/aromatic N) is 4. The van der Waals surface area contributed by atoms with E-state index in [1.54, 1.807) is 21.3 Å². The van der Waals surface area contributed by atoms with Crippen molar-refractivity contribution >= 4 is 46.5 Å². The quantitative estimate of drug-likeness (QED) is 0.152. The largest absolute Gasteiger partial charge is 0.460 e. The summed E-state index contributed by atoms with van der Waals surface area (Å²) in [5.74, 6) is 0.422. The van der Waals surface area contributed by atoms with Crippen LogP contribution in [0.15, 0.2) is 126 Å². The second-order valence-corrected chi connectivity index (χ2v) is 13.7. The van der Waals surface area contributed by atoms with Gasteiger partial charge in [-0.25, -0.2) is 0 Å². The average molecular weight is 677 g/mol. The van der Waals surface area contributed by atoms with Crippen LogP contribution in [-0.4, -0.2) is 68.5 Å². The van der Waals surface area contributed by atoms with Crippen molar-refractivity contribution < 1.29 is 23.6 Å². The molecule has 4 bridgehead atoms. The molecule has 0 aliphatic carbocycles. The first-order valence-corrected chi connectivity index (χ1v) is 17.6. The van der Waals surface area contributed by atoms with Crippen LogP contribution in [0.4, 0.5) is 0 Å². The molecule has 7 heterocycles. The summed E-state index contributed by atoms with van der Waals surface area (Å²) in [6.45, 7) is 0.963. The maximum Gasteiger partial charge on any atom is 0.248 e. The summed E-state index contributed by atoms with van der Waals surface area (Å²) in [4.78, 5) is 60.2. The number of rotatable bonds is 10. The molecule has 0 spiro atoms. The first kappa shape index (κ1) is 31.3. The summed E-state index contributed by atoms with van der Waals surface area (Å²) in [6, 6.07) is 36.5. The number of aromatic nitrogens is 2. The van der Waals surface area contributed by atoms with Gasteiger partial charge in [-0.05, 0) is 97.5 Å². The van der Waals surface area contributed by atoms with Crippen molar-refractivity contribution in [3.8, 4) is 0 Å². The molecule has 2 unspecified atom stereocenters. The summed E-state index contributed by atoms with van der Waals surface area (Å²) in [5, 5.41) is 0. The lowest BCUT2D eigenvalue weighted by Gasteiger charge is -2.41. The Balaban J connectivity index is 1.19. The minimum Gasteiger partial charge on any atom is -0.460 e. The molecule has 0 radical (unpaired) electrons. The molecule has 9 rings (SSSR count). The van der Waals surface area contributed by atoms with E-state index in [0.717, 1.165) is 34.6 Å². The molecule has 0 amide bonds. The summed E-state index contributed by atoms with van der Waals surface area (Å²) in [7, 11) is 0. The monoisotopic (exact) mass is 676 g/mol. The smallest absolute Gasteiger partial charge is 0.248 e. The number of furan rings is 1. The first-order chi connectivity index (χ1) is 25.0. The lowest BCUT2D eigenvalue weighted by atomic mass is 9.85. The van der Waals surface area contributed by atoms with Crippen LogP contribution < -0.4 is 0 Å². The van der Waals surface area contributed by atoms with Crippen molar-refractivity contribution in [2.45, 2.75) is 48.8 Å². The topological polar surface area (TPSA) is 97.8 Å². The second-order valence-electron chi connectivity index (χ2n) is 13.7. The van der Waals surface area contributed by atoms with Gasteiger partial charge < -0.3 is 14.0 Å². The molecule has 9 heteroatoms. The van der Waals surface area contributed by atoms with Crippen LogP contribution in [0.3, 0.4) is 0 Å². The zero-order valence-electron chi connectivity index (χ0n) is 27.9. The highest BCUT2D eigenvalue weighted by atomic mass is 16.3. The third-order valence-corrected chi connectivity index (χ3v) is 11.3. The Morgan fingerprint density at radius 1 is 0.529 bits per heavy atom. The molecule has 9 nitrogen and oxygen atoms in total. The Hall–Kier alpha value is -5.64. The van der Waals surface area contributed by atoms with Crippen molar-refractivity contribution in [2.75, 3.05) is 13.1 Å². The van der Waals surface area contributed by atoms with Gasteiger partial charge in [-0.3, -0.25) is 28.5 Å². The van der Waals surface area contributed by atoms with E-state index in [1.807, 2.05) is 119 Å². The first-order valence-electron chi connectivity index (χ1n) is 17.6. The van der Waals surface area contributed by atoms with Crippen LogP contribution in [0, 0.1) is 0 Å².